The minimum atomic E-state index is 0.0473. The fourth-order valence-electron chi connectivity index (χ4n) is 4.52. The van der Waals surface area contributed by atoms with Crippen molar-refractivity contribution in [3.05, 3.63) is 107 Å². The van der Waals surface area contributed by atoms with Gasteiger partial charge >= 0.3 is 0 Å². The number of Topliss-reactive ketones (excluding diaryl/α,β-unsaturated/α-hetero) is 1. The van der Waals surface area contributed by atoms with Gasteiger partial charge in [0.15, 0.2) is 5.78 Å². The quantitative estimate of drug-likeness (QED) is 0.322. The molecule has 1 N–H and O–H groups in total. The van der Waals surface area contributed by atoms with E-state index in [1.165, 1.54) is 0 Å². The molecular weight excluding hydrogens is 458 g/mol. The van der Waals surface area contributed by atoms with Crippen LogP contribution >= 0.6 is 11.6 Å². The molecule has 1 unspecified atom stereocenters. The van der Waals surface area contributed by atoms with Gasteiger partial charge in [-0.15, -0.1) is 0 Å². The zero-order valence-corrected chi connectivity index (χ0v) is 19.4. The van der Waals surface area contributed by atoms with Crippen molar-refractivity contribution in [2.45, 2.75) is 18.8 Å². The predicted octanol–water partition coefficient (Wildman–Crippen LogP) is 6.40. The summed E-state index contributed by atoms with van der Waals surface area (Å²) in [5, 5.41) is 4.80. The van der Waals surface area contributed by atoms with Crippen LogP contribution in [-0.4, -0.2) is 25.7 Å². The lowest BCUT2D eigenvalue weighted by Crippen LogP contribution is -2.21. The normalized spacial score (nSPS) is 15.1. The molecule has 3 aromatic carbocycles. The van der Waals surface area contributed by atoms with E-state index in [2.05, 4.69) is 20.3 Å². The van der Waals surface area contributed by atoms with Gasteiger partial charge < -0.3 is 0 Å². The van der Waals surface area contributed by atoms with Crippen molar-refractivity contribution < 1.29 is 4.79 Å². The van der Waals surface area contributed by atoms with Crippen LogP contribution in [0.15, 0.2) is 85.1 Å². The van der Waals surface area contributed by atoms with E-state index in [1.807, 2.05) is 78.9 Å². The van der Waals surface area contributed by atoms with Crippen LogP contribution in [-0.2, 0) is 6.42 Å². The second-order valence-corrected chi connectivity index (χ2v) is 8.97. The van der Waals surface area contributed by atoms with Gasteiger partial charge in [-0.05, 0) is 36.1 Å². The maximum atomic E-state index is 12.8. The van der Waals surface area contributed by atoms with E-state index in [0.717, 1.165) is 33.4 Å². The highest BCUT2D eigenvalue weighted by atomic mass is 35.5. The minimum Gasteiger partial charge on any atom is -0.294 e. The van der Waals surface area contributed by atoms with E-state index in [1.54, 1.807) is 6.20 Å². The van der Waals surface area contributed by atoms with E-state index in [0.29, 0.717) is 35.3 Å². The average Bonchev–Trinajstić information content (AvgIpc) is 2.89. The van der Waals surface area contributed by atoms with Crippen molar-refractivity contribution in [2.75, 3.05) is 5.32 Å². The van der Waals surface area contributed by atoms with Gasteiger partial charge in [0.2, 0.25) is 11.9 Å². The Morgan fingerprint density at radius 2 is 1.57 bits per heavy atom. The SMILES string of the molecule is O=C1CC(c2ccc(Cl)cc2)Cc2nc(Nc3nc(-c4ccccc4)c4ccccc4n3)ncc21. The van der Waals surface area contributed by atoms with Crippen molar-refractivity contribution in [1.82, 2.24) is 19.9 Å². The summed E-state index contributed by atoms with van der Waals surface area (Å²) in [5.41, 5.74) is 5.02. The van der Waals surface area contributed by atoms with Crippen LogP contribution in [0.2, 0.25) is 5.02 Å². The first kappa shape index (κ1) is 21.4. The number of carbonyl (C=O) groups is 1. The minimum absolute atomic E-state index is 0.0473. The summed E-state index contributed by atoms with van der Waals surface area (Å²) in [6, 6.07) is 25.5. The lowest BCUT2D eigenvalue weighted by atomic mass is 9.82. The predicted molar refractivity (Wildman–Crippen MR) is 137 cm³/mol. The van der Waals surface area contributed by atoms with E-state index >= 15 is 0 Å². The number of aromatic nitrogens is 4. The summed E-state index contributed by atoms with van der Waals surface area (Å²) in [6.45, 7) is 0. The molecule has 0 fully saturated rings. The molecule has 35 heavy (non-hydrogen) atoms. The summed E-state index contributed by atoms with van der Waals surface area (Å²) in [4.78, 5) is 31.3. The zero-order valence-electron chi connectivity index (χ0n) is 18.6. The standard InChI is InChI=1S/C28H20ClN5O/c29-20-12-10-17(11-13-20)19-14-24-22(25(35)15-19)16-30-27(32-24)34-28-31-23-9-5-4-8-21(23)26(33-28)18-6-2-1-3-7-18/h1-13,16,19H,14-15H2,(H,30,31,32,33,34). The van der Waals surface area contributed by atoms with Crippen molar-refractivity contribution >= 4 is 40.2 Å². The Hall–Kier alpha value is -4.16. The number of para-hydroxylation sites is 1. The monoisotopic (exact) mass is 477 g/mol. The lowest BCUT2D eigenvalue weighted by Gasteiger charge is -2.23. The van der Waals surface area contributed by atoms with Crippen LogP contribution in [0.25, 0.3) is 22.2 Å². The number of hydrogen-bond donors (Lipinski definition) is 1. The van der Waals surface area contributed by atoms with Crippen LogP contribution in [0.1, 0.15) is 34.0 Å². The third-order valence-electron chi connectivity index (χ3n) is 6.26. The Kier molecular flexibility index (Phi) is 5.43. The molecule has 0 radical (unpaired) electrons. The molecule has 0 aliphatic heterocycles. The molecule has 0 saturated heterocycles. The van der Waals surface area contributed by atoms with Gasteiger partial charge in [-0.1, -0.05) is 72.3 Å². The third kappa shape index (κ3) is 4.24. The number of halogens is 1. The molecule has 0 saturated carbocycles. The van der Waals surface area contributed by atoms with Gasteiger partial charge in [-0.2, -0.15) is 0 Å². The fourth-order valence-corrected chi connectivity index (χ4v) is 4.65. The van der Waals surface area contributed by atoms with E-state index in [-0.39, 0.29) is 11.7 Å². The molecule has 1 aliphatic rings. The van der Waals surface area contributed by atoms with Gasteiger partial charge in [0, 0.05) is 28.6 Å². The van der Waals surface area contributed by atoms with Crippen molar-refractivity contribution in [2.24, 2.45) is 0 Å². The molecule has 7 heteroatoms. The summed E-state index contributed by atoms with van der Waals surface area (Å²) >= 11 is 6.04. The lowest BCUT2D eigenvalue weighted by molar-refractivity contribution is 0.0962. The van der Waals surface area contributed by atoms with Gasteiger partial charge in [-0.25, -0.2) is 19.9 Å². The number of fused-ring (bicyclic) bond motifs is 2. The number of anilines is 2. The number of carbonyl (C=O) groups excluding carboxylic acids is 1. The molecule has 170 valence electrons. The molecule has 0 spiro atoms. The third-order valence-corrected chi connectivity index (χ3v) is 6.51. The molecule has 0 bridgehead atoms. The topological polar surface area (TPSA) is 80.7 Å². The number of benzene rings is 3. The number of ketones is 1. The Morgan fingerprint density at radius 3 is 2.40 bits per heavy atom. The van der Waals surface area contributed by atoms with Crippen molar-refractivity contribution in [3.8, 4) is 11.3 Å². The first-order valence-corrected chi connectivity index (χ1v) is 11.8. The van der Waals surface area contributed by atoms with Gasteiger partial charge in [0.05, 0.1) is 22.5 Å². The van der Waals surface area contributed by atoms with Gasteiger partial charge in [-0.3, -0.25) is 10.1 Å². The highest BCUT2D eigenvalue weighted by Gasteiger charge is 2.28. The number of nitrogens with one attached hydrogen (secondary N) is 1. The van der Waals surface area contributed by atoms with Crippen LogP contribution in [0, 0.1) is 0 Å². The Balaban J connectivity index is 1.34. The highest BCUT2D eigenvalue weighted by Crippen LogP contribution is 2.33. The number of hydrogen-bond acceptors (Lipinski definition) is 6. The van der Waals surface area contributed by atoms with Crippen LogP contribution < -0.4 is 5.32 Å². The number of nitrogens with zero attached hydrogens (tertiary/aromatic N) is 4. The van der Waals surface area contributed by atoms with Gasteiger partial charge in [0.25, 0.3) is 0 Å². The maximum Gasteiger partial charge on any atom is 0.230 e. The van der Waals surface area contributed by atoms with Crippen LogP contribution in [0.3, 0.4) is 0 Å². The fraction of sp³-hybridized carbons (Fsp3) is 0.107. The summed E-state index contributed by atoms with van der Waals surface area (Å²) in [6.07, 6.45) is 2.68. The molecule has 6 nitrogen and oxygen atoms in total. The molecule has 1 aliphatic carbocycles. The largest absolute Gasteiger partial charge is 0.294 e. The molecule has 6 rings (SSSR count). The molecule has 2 heterocycles. The summed E-state index contributed by atoms with van der Waals surface area (Å²) < 4.78 is 0. The first-order chi connectivity index (χ1) is 17.1. The first-order valence-electron chi connectivity index (χ1n) is 11.4. The molecular formula is C28H20ClN5O. The number of rotatable bonds is 4. The van der Waals surface area contributed by atoms with Crippen LogP contribution in [0.4, 0.5) is 11.9 Å². The molecule has 0 amide bonds. The molecule has 5 aromatic rings. The summed E-state index contributed by atoms with van der Waals surface area (Å²) in [7, 11) is 0. The molecule has 2 aromatic heterocycles. The van der Waals surface area contributed by atoms with E-state index in [9.17, 15) is 4.79 Å². The zero-order chi connectivity index (χ0) is 23.8. The molecule has 1 atom stereocenters. The van der Waals surface area contributed by atoms with Crippen LogP contribution in [0.5, 0.6) is 0 Å². The van der Waals surface area contributed by atoms with Crippen molar-refractivity contribution in [1.29, 1.82) is 0 Å². The highest BCUT2D eigenvalue weighted by molar-refractivity contribution is 6.30. The summed E-state index contributed by atoms with van der Waals surface area (Å²) in [5.74, 6) is 0.865. The smallest absolute Gasteiger partial charge is 0.230 e. The van der Waals surface area contributed by atoms with E-state index < -0.39 is 0 Å². The second kappa shape index (κ2) is 8.89. The Bertz CT molecular complexity index is 1550. The van der Waals surface area contributed by atoms with Crippen molar-refractivity contribution in [3.63, 3.8) is 0 Å². The second-order valence-electron chi connectivity index (χ2n) is 8.54. The Labute approximate surface area is 207 Å². The average molecular weight is 478 g/mol. The maximum absolute atomic E-state index is 12.8. The van der Waals surface area contributed by atoms with E-state index in [4.69, 9.17) is 16.6 Å². The Morgan fingerprint density at radius 1 is 0.800 bits per heavy atom. The van der Waals surface area contributed by atoms with Gasteiger partial charge in [0.1, 0.15) is 0 Å².